The molecule has 3 rings (SSSR count). The molecule has 9 heteroatoms. The first kappa shape index (κ1) is 25.7. The third-order valence-corrected chi connectivity index (χ3v) is 6.11. The van der Waals surface area contributed by atoms with Gasteiger partial charge >= 0.3 is 11.9 Å². The third-order valence-electron chi connectivity index (χ3n) is 4.96. The van der Waals surface area contributed by atoms with Crippen LogP contribution in [0.5, 0.6) is 0 Å². The SMILES string of the molecule is CCOC(=O)C(CCc1ccccc1)N[C@H]1CSc2ccccc2N(CC(=O)O)C1=O.Cl. The Labute approximate surface area is 197 Å². The number of amides is 1. The molecule has 1 unspecified atom stereocenters. The van der Waals surface area contributed by atoms with Gasteiger partial charge in [-0.1, -0.05) is 42.5 Å². The van der Waals surface area contributed by atoms with Crippen LogP contribution in [0.25, 0.3) is 0 Å². The number of hydrogen-bond acceptors (Lipinski definition) is 6. The van der Waals surface area contributed by atoms with Gasteiger partial charge in [-0.15, -0.1) is 24.2 Å². The molecule has 0 saturated heterocycles. The lowest BCUT2D eigenvalue weighted by Crippen LogP contribution is -2.54. The molecule has 0 aliphatic carbocycles. The highest BCUT2D eigenvalue weighted by molar-refractivity contribution is 7.99. The molecule has 1 amide bonds. The second-order valence-electron chi connectivity index (χ2n) is 7.15. The van der Waals surface area contributed by atoms with E-state index in [0.717, 1.165) is 10.5 Å². The molecule has 0 spiro atoms. The van der Waals surface area contributed by atoms with Crippen molar-refractivity contribution in [1.82, 2.24) is 5.32 Å². The van der Waals surface area contributed by atoms with Crippen molar-refractivity contribution in [2.75, 3.05) is 23.8 Å². The number of esters is 1. The zero-order chi connectivity index (χ0) is 22.2. The Morgan fingerprint density at radius 1 is 1.19 bits per heavy atom. The molecule has 0 aromatic heterocycles. The van der Waals surface area contributed by atoms with Gasteiger partial charge in [0.25, 0.3) is 0 Å². The summed E-state index contributed by atoms with van der Waals surface area (Å²) in [5.41, 5.74) is 1.65. The highest BCUT2D eigenvalue weighted by atomic mass is 35.5. The maximum absolute atomic E-state index is 13.3. The Balaban J connectivity index is 0.00000363. The molecule has 2 N–H and O–H groups in total. The quantitative estimate of drug-likeness (QED) is 0.534. The zero-order valence-electron chi connectivity index (χ0n) is 17.7. The number of carboxylic acid groups (broad SMARTS) is 1. The number of nitrogens with zero attached hydrogens (tertiary/aromatic N) is 1. The number of carbonyl (C=O) groups is 3. The molecular formula is C23H27ClN2O5S. The van der Waals surface area contributed by atoms with Gasteiger partial charge in [-0.25, -0.2) is 0 Å². The Kier molecular flexibility index (Phi) is 10.0. The number of nitrogens with one attached hydrogen (secondary N) is 1. The summed E-state index contributed by atoms with van der Waals surface area (Å²) in [4.78, 5) is 39.4. The molecule has 1 heterocycles. The molecule has 0 saturated carbocycles. The number of carbonyl (C=O) groups excluding carboxylic acids is 2. The topological polar surface area (TPSA) is 95.9 Å². The van der Waals surface area contributed by atoms with Crippen LogP contribution in [-0.4, -0.2) is 53.9 Å². The molecule has 0 bridgehead atoms. The molecule has 0 fully saturated rings. The second kappa shape index (κ2) is 12.5. The van der Waals surface area contributed by atoms with Gasteiger partial charge in [-0.2, -0.15) is 0 Å². The van der Waals surface area contributed by atoms with Crippen LogP contribution >= 0.6 is 24.2 Å². The lowest BCUT2D eigenvalue weighted by molar-refractivity contribution is -0.146. The third kappa shape index (κ3) is 6.72. The summed E-state index contributed by atoms with van der Waals surface area (Å²) in [5, 5.41) is 12.5. The first-order valence-electron chi connectivity index (χ1n) is 10.2. The fourth-order valence-corrected chi connectivity index (χ4v) is 4.57. The van der Waals surface area contributed by atoms with Gasteiger partial charge in [0.15, 0.2) is 0 Å². The minimum Gasteiger partial charge on any atom is -0.480 e. The number of thioether (sulfide) groups is 1. The maximum Gasteiger partial charge on any atom is 0.323 e. The number of halogens is 1. The number of benzene rings is 2. The number of ether oxygens (including phenoxy) is 1. The summed E-state index contributed by atoms with van der Waals surface area (Å²) in [5.74, 6) is -1.50. The van der Waals surface area contributed by atoms with Crippen molar-refractivity contribution in [1.29, 1.82) is 0 Å². The van der Waals surface area contributed by atoms with Gasteiger partial charge in [0, 0.05) is 10.6 Å². The maximum atomic E-state index is 13.3. The smallest absolute Gasteiger partial charge is 0.323 e. The second-order valence-corrected chi connectivity index (χ2v) is 8.21. The number of carboxylic acids is 1. The van der Waals surface area contributed by atoms with E-state index in [9.17, 15) is 19.5 Å². The summed E-state index contributed by atoms with van der Waals surface area (Å²) in [6.07, 6.45) is 1.10. The van der Waals surface area contributed by atoms with Gasteiger partial charge < -0.3 is 9.84 Å². The van der Waals surface area contributed by atoms with Crippen molar-refractivity contribution in [3.05, 3.63) is 60.2 Å². The molecule has 7 nitrogen and oxygen atoms in total. The molecule has 1 aliphatic heterocycles. The van der Waals surface area contributed by atoms with Crippen LogP contribution in [0.2, 0.25) is 0 Å². The van der Waals surface area contributed by atoms with Crippen molar-refractivity contribution in [2.45, 2.75) is 36.7 Å². The van der Waals surface area contributed by atoms with Crippen LogP contribution in [0.3, 0.4) is 0 Å². The van der Waals surface area contributed by atoms with Gasteiger partial charge in [-0.3, -0.25) is 24.6 Å². The summed E-state index contributed by atoms with van der Waals surface area (Å²) >= 11 is 1.46. The predicted molar refractivity (Wildman–Crippen MR) is 127 cm³/mol. The lowest BCUT2D eigenvalue weighted by atomic mass is 10.0. The average molecular weight is 479 g/mol. The van der Waals surface area contributed by atoms with Gasteiger partial charge in [-0.05, 0) is 37.5 Å². The Bertz CT molecular complexity index is 928. The van der Waals surface area contributed by atoms with Crippen molar-refractivity contribution in [3.63, 3.8) is 0 Å². The summed E-state index contributed by atoms with van der Waals surface area (Å²) in [7, 11) is 0. The number of para-hydroxylation sites is 1. The zero-order valence-corrected chi connectivity index (χ0v) is 19.4. The Morgan fingerprint density at radius 3 is 2.56 bits per heavy atom. The van der Waals surface area contributed by atoms with Gasteiger partial charge in [0.05, 0.1) is 18.3 Å². The van der Waals surface area contributed by atoms with Crippen LogP contribution in [0.15, 0.2) is 59.5 Å². The number of rotatable bonds is 9. The van der Waals surface area contributed by atoms with Crippen LogP contribution in [0, 0.1) is 0 Å². The average Bonchev–Trinajstić information content (AvgIpc) is 2.89. The van der Waals surface area contributed by atoms with Crippen LogP contribution in [-0.2, 0) is 25.5 Å². The largest absolute Gasteiger partial charge is 0.480 e. The monoisotopic (exact) mass is 478 g/mol. The van der Waals surface area contributed by atoms with E-state index in [4.69, 9.17) is 4.74 Å². The number of aliphatic carboxylic acids is 1. The molecule has 2 aromatic carbocycles. The van der Waals surface area contributed by atoms with E-state index in [1.54, 1.807) is 19.1 Å². The molecule has 2 atom stereocenters. The summed E-state index contributed by atoms with van der Waals surface area (Å²) in [6, 6.07) is 15.6. The van der Waals surface area contributed by atoms with E-state index in [1.165, 1.54) is 16.7 Å². The van der Waals surface area contributed by atoms with Crippen molar-refractivity contribution >= 4 is 47.7 Å². The Hall–Kier alpha value is -2.55. The summed E-state index contributed by atoms with van der Waals surface area (Å²) < 4.78 is 5.23. The molecule has 2 aromatic rings. The normalized spacial score (nSPS) is 16.3. The fraction of sp³-hybridized carbons (Fsp3) is 0.348. The molecule has 1 aliphatic rings. The van der Waals surface area contributed by atoms with E-state index in [-0.39, 0.29) is 24.9 Å². The minimum atomic E-state index is -1.10. The summed E-state index contributed by atoms with van der Waals surface area (Å²) in [6.45, 7) is 1.54. The molecule has 172 valence electrons. The predicted octanol–water partition coefficient (Wildman–Crippen LogP) is 3.15. The van der Waals surface area contributed by atoms with Crippen molar-refractivity contribution < 1.29 is 24.2 Å². The van der Waals surface area contributed by atoms with E-state index in [0.29, 0.717) is 24.3 Å². The van der Waals surface area contributed by atoms with E-state index >= 15 is 0 Å². The van der Waals surface area contributed by atoms with Crippen LogP contribution in [0.1, 0.15) is 18.9 Å². The van der Waals surface area contributed by atoms with Gasteiger partial charge in [0.1, 0.15) is 12.6 Å². The fourth-order valence-electron chi connectivity index (χ4n) is 3.48. The number of fused-ring (bicyclic) bond motifs is 1. The number of hydrogen-bond donors (Lipinski definition) is 2. The highest BCUT2D eigenvalue weighted by Crippen LogP contribution is 2.34. The van der Waals surface area contributed by atoms with E-state index < -0.39 is 30.6 Å². The van der Waals surface area contributed by atoms with E-state index in [2.05, 4.69) is 5.32 Å². The highest BCUT2D eigenvalue weighted by Gasteiger charge is 2.34. The first-order valence-corrected chi connectivity index (χ1v) is 11.2. The van der Waals surface area contributed by atoms with Crippen LogP contribution in [0.4, 0.5) is 5.69 Å². The molecule has 32 heavy (non-hydrogen) atoms. The number of anilines is 1. The number of aryl methyl sites for hydroxylation is 1. The van der Waals surface area contributed by atoms with Crippen LogP contribution < -0.4 is 10.2 Å². The van der Waals surface area contributed by atoms with E-state index in [1.807, 2.05) is 42.5 Å². The minimum absolute atomic E-state index is 0. The van der Waals surface area contributed by atoms with Crippen molar-refractivity contribution in [3.8, 4) is 0 Å². The van der Waals surface area contributed by atoms with Crippen molar-refractivity contribution in [2.24, 2.45) is 0 Å². The first-order chi connectivity index (χ1) is 15.0. The molecular weight excluding hydrogens is 452 g/mol. The molecule has 0 radical (unpaired) electrons. The standard InChI is InChI=1S/C23H26N2O5S.ClH/c1-2-30-23(29)17(13-12-16-8-4-3-5-9-16)24-18-15-31-20-11-7-6-10-19(20)25(22(18)28)14-21(26)27;/h3-11,17-18,24H,2,12-15H2,1H3,(H,26,27);1H/t17?,18-;/m0./s1. The lowest BCUT2D eigenvalue weighted by Gasteiger charge is -2.27. The Morgan fingerprint density at radius 2 is 1.88 bits per heavy atom. The van der Waals surface area contributed by atoms with Gasteiger partial charge in [0.2, 0.25) is 5.91 Å².